The molecule has 0 aliphatic heterocycles. The number of hydrogen-bond donors (Lipinski definition) is 0. The van der Waals surface area contributed by atoms with Gasteiger partial charge < -0.3 is 9.15 Å². The zero-order valence-corrected chi connectivity index (χ0v) is 20.9. The van der Waals surface area contributed by atoms with Crippen molar-refractivity contribution >= 4 is 61.8 Å². The van der Waals surface area contributed by atoms with Crippen LogP contribution < -0.4 is 4.31 Å². The summed E-state index contributed by atoms with van der Waals surface area (Å²) in [6.45, 7) is 3.42. The zero-order valence-electron chi connectivity index (χ0n) is 18.6. The minimum Gasteiger partial charge on any atom is -0.462 e. The molecule has 10 heteroatoms. The quantitative estimate of drug-likeness (QED) is 0.272. The molecule has 1 aromatic heterocycles. The zero-order chi connectivity index (χ0) is 25.3. The molecule has 0 saturated heterocycles. The molecule has 7 nitrogen and oxygen atoms in total. The van der Waals surface area contributed by atoms with Gasteiger partial charge in [0.05, 0.1) is 27.8 Å². The lowest BCUT2D eigenvalue weighted by atomic mass is 10.1. The van der Waals surface area contributed by atoms with E-state index in [4.69, 9.17) is 32.4 Å². The second-order valence-corrected chi connectivity index (χ2v) is 10.1. The van der Waals surface area contributed by atoms with Gasteiger partial charge in [0.2, 0.25) is 0 Å². The highest BCUT2D eigenvalue weighted by atomic mass is 35.5. The molecule has 1 heterocycles. The minimum atomic E-state index is -4.42. The fourth-order valence-electron chi connectivity index (χ4n) is 3.61. The highest BCUT2D eigenvalue weighted by Gasteiger charge is 2.34. The summed E-state index contributed by atoms with van der Waals surface area (Å²) in [6.07, 6.45) is 0. The molecule has 0 aliphatic rings. The Kier molecular flexibility index (Phi) is 6.89. The first-order valence-electron chi connectivity index (χ1n) is 10.4. The lowest BCUT2D eigenvalue weighted by molar-refractivity contribution is 0.0526. The summed E-state index contributed by atoms with van der Waals surface area (Å²) < 4.78 is 38.9. The Bertz CT molecular complexity index is 1540. The van der Waals surface area contributed by atoms with E-state index in [-0.39, 0.29) is 33.3 Å². The number of rotatable bonds is 6. The van der Waals surface area contributed by atoms with Crippen LogP contribution in [0.4, 0.5) is 5.69 Å². The van der Waals surface area contributed by atoms with E-state index in [0.717, 1.165) is 0 Å². The van der Waals surface area contributed by atoms with Gasteiger partial charge in [0.15, 0.2) is 0 Å². The van der Waals surface area contributed by atoms with Crippen molar-refractivity contribution in [1.82, 2.24) is 0 Å². The third kappa shape index (κ3) is 4.65. The maximum absolute atomic E-state index is 13.7. The molecule has 180 valence electrons. The van der Waals surface area contributed by atoms with Crippen molar-refractivity contribution in [3.8, 4) is 0 Å². The Balaban J connectivity index is 1.95. The number of furan rings is 1. The van der Waals surface area contributed by atoms with Crippen molar-refractivity contribution in [2.75, 3.05) is 10.9 Å². The van der Waals surface area contributed by atoms with Crippen molar-refractivity contribution in [2.45, 2.75) is 18.7 Å². The largest absolute Gasteiger partial charge is 0.462 e. The first kappa shape index (κ1) is 24.8. The number of aryl methyl sites for hydroxylation is 1. The summed E-state index contributed by atoms with van der Waals surface area (Å²) in [4.78, 5) is 26.0. The fourth-order valence-corrected chi connectivity index (χ4v) is 5.35. The number of halogens is 2. The number of hydrogen-bond acceptors (Lipinski definition) is 6. The Morgan fingerprint density at radius 2 is 1.69 bits per heavy atom. The van der Waals surface area contributed by atoms with Gasteiger partial charge in [-0.25, -0.2) is 13.2 Å². The van der Waals surface area contributed by atoms with Crippen molar-refractivity contribution in [3.63, 3.8) is 0 Å². The van der Waals surface area contributed by atoms with E-state index in [1.165, 1.54) is 54.6 Å². The molecule has 1 amide bonds. The summed E-state index contributed by atoms with van der Waals surface area (Å²) in [7, 11) is -4.42. The summed E-state index contributed by atoms with van der Waals surface area (Å²) in [5.41, 5.74) is 0.464. The molecule has 4 aromatic rings. The molecule has 0 radical (unpaired) electrons. The number of sulfonamides is 1. The van der Waals surface area contributed by atoms with Gasteiger partial charge >= 0.3 is 5.97 Å². The first-order chi connectivity index (χ1) is 16.6. The highest BCUT2D eigenvalue weighted by Crippen LogP contribution is 2.34. The molecular weight excluding hydrogens is 513 g/mol. The predicted molar refractivity (Wildman–Crippen MR) is 134 cm³/mol. The van der Waals surface area contributed by atoms with Gasteiger partial charge in [-0.2, -0.15) is 4.31 Å². The number of benzene rings is 3. The average molecular weight is 532 g/mol. The van der Waals surface area contributed by atoms with Crippen LogP contribution in [-0.4, -0.2) is 26.9 Å². The SMILES string of the molecule is CCOC(=O)c1c(C)oc2ccc(N(C(=O)c3ccccc3Cl)S(=O)(=O)c3ccc(Cl)cc3)cc12. The third-order valence-electron chi connectivity index (χ3n) is 5.20. The molecular formula is C25H19Cl2NO6S. The van der Waals surface area contributed by atoms with Crippen molar-refractivity contribution < 1.29 is 27.2 Å². The standard InChI is InChI=1S/C25H19Cl2NO6S/c1-3-33-25(30)23-15(2)34-22-13-10-17(14-20(22)23)28(24(29)19-6-4-5-7-21(19)27)35(31,32)18-11-8-16(26)9-12-18/h4-14H,3H2,1-2H3. The number of carbonyl (C=O) groups excluding carboxylic acids is 2. The van der Waals surface area contributed by atoms with Gasteiger partial charge in [0.1, 0.15) is 16.9 Å². The molecule has 0 N–H and O–H groups in total. The number of nitrogens with zero attached hydrogens (tertiary/aromatic N) is 1. The summed E-state index contributed by atoms with van der Waals surface area (Å²) >= 11 is 12.2. The number of amides is 1. The van der Waals surface area contributed by atoms with E-state index in [1.807, 2.05) is 0 Å². The van der Waals surface area contributed by atoms with E-state index in [0.29, 0.717) is 26.1 Å². The lowest BCUT2D eigenvalue weighted by Gasteiger charge is -2.23. The van der Waals surface area contributed by atoms with Gasteiger partial charge in [-0.3, -0.25) is 4.79 Å². The topological polar surface area (TPSA) is 93.9 Å². The molecule has 0 unspecified atom stereocenters. The summed E-state index contributed by atoms with van der Waals surface area (Å²) in [5, 5.41) is 0.727. The van der Waals surface area contributed by atoms with Crippen molar-refractivity contribution in [1.29, 1.82) is 0 Å². The van der Waals surface area contributed by atoms with E-state index in [2.05, 4.69) is 0 Å². The average Bonchev–Trinajstić information content (AvgIpc) is 3.15. The van der Waals surface area contributed by atoms with Gasteiger partial charge in [0.25, 0.3) is 15.9 Å². The maximum atomic E-state index is 13.7. The molecule has 0 aliphatic carbocycles. The van der Waals surface area contributed by atoms with E-state index in [1.54, 1.807) is 26.0 Å². The Morgan fingerprint density at radius 3 is 2.34 bits per heavy atom. The van der Waals surface area contributed by atoms with Crippen LogP contribution >= 0.6 is 23.2 Å². The number of anilines is 1. The van der Waals surface area contributed by atoms with Crippen molar-refractivity contribution in [3.05, 3.63) is 93.7 Å². The highest BCUT2D eigenvalue weighted by molar-refractivity contribution is 7.93. The maximum Gasteiger partial charge on any atom is 0.342 e. The number of esters is 1. The van der Waals surface area contributed by atoms with Crippen LogP contribution in [0.25, 0.3) is 11.0 Å². The Hall–Kier alpha value is -3.33. The normalized spacial score (nSPS) is 11.4. The van der Waals surface area contributed by atoms with Gasteiger partial charge in [-0.05, 0) is 68.4 Å². The van der Waals surface area contributed by atoms with E-state index < -0.39 is 21.9 Å². The molecule has 3 aromatic carbocycles. The van der Waals surface area contributed by atoms with Crippen LogP contribution in [-0.2, 0) is 14.8 Å². The minimum absolute atomic E-state index is 0.0104. The van der Waals surface area contributed by atoms with Crippen molar-refractivity contribution in [2.24, 2.45) is 0 Å². The Labute approximate surface area is 211 Å². The number of carbonyl (C=O) groups is 2. The monoisotopic (exact) mass is 531 g/mol. The van der Waals surface area contributed by atoms with Crippen LogP contribution in [0.3, 0.4) is 0 Å². The molecule has 0 fully saturated rings. The first-order valence-corrected chi connectivity index (χ1v) is 12.6. The summed E-state index contributed by atoms with van der Waals surface area (Å²) in [5.74, 6) is -1.19. The van der Waals surface area contributed by atoms with Crippen LogP contribution in [0.1, 0.15) is 33.4 Å². The molecule has 4 rings (SSSR count). The van der Waals surface area contributed by atoms with Gasteiger partial charge in [-0.1, -0.05) is 35.3 Å². The second-order valence-electron chi connectivity index (χ2n) is 7.44. The van der Waals surface area contributed by atoms with E-state index >= 15 is 0 Å². The van der Waals surface area contributed by atoms with E-state index in [9.17, 15) is 18.0 Å². The fraction of sp³-hybridized carbons (Fsp3) is 0.120. The lowest BCUT2D eigenvalue weighted by Crippen LogP contribution is -2.37. The molecule has 0 bridgehead atoms. The molecule has 0 atom stereocenters. The molecule has 0 spiro atoms. The van der Waals surface area contributed by atoms with Crippen LogP contribution in [0, 0.1) is 6.92 Å². The summed E-state index contributed by atoms with van der Waals surface area (Å²) in [6, 6.07) is 15.9. The van der Waals surface area contributed by atoms with Gasteiger partial charge in [-0.15, -0.1) is 0 Å². The molecule has 0 saturated carbocycles. The van der Waals surface area contributed by atoms with Crippen LogP contribution in [0.15, 0.2) is 76.0 Å². The predicted octanol–water partition coefficient (Wildman–Crippen LogP) is 6.26. The Morgan fingerprint density at radius 1 is 1.00 bits per heavy atom. The van der Waals surface area contributed by atoms with Gasteiger partial charge in [0, 0.05) is 10.4 Å². The smallest absolute Gasteiger partial charge is 0.342 e. The van der Waals surface area contributed by atoms with Crippen LogP contribution in [0.5, 0.6) is 0 Å². The van der Waals surface area contributed by atoms with Crippen LogP contribution in [0.2, 0.25) is 10.0 Å². The second kappa shape index (κ2) is 9.73. The molecule has 35 heavy (non-hydrogen) atoms. The number of ether oxygens (including phenoxy) is 1. The number of fused-ring (bicyclic) bond motifs is 1. The third-order valence-corrected chi connectivity index (χ3v) is 7.51.